The van der Waals surface area contributed by atoms with Crippen LogP contribution < -0.4 is 4.74 Å². The Labute approximate surface area is 106 Å². The number of halogens is 1. The third-order valence-electron chi connectivity index (χ3n) is 2.57. The van der Waals surface area contributed by atoms with Crippen molar-refractivity contribution in [3.05, 3.63) is 26.8 Å². The van der Waals surface area contributed by atoms with Crippen LogP contribution >= 0.6 is 22.6 Å². The molecule has 0 aliphatic carbocycles. The van der Waals surface area contributed by atoms with E-state index in [1.807, 2.05) is 0 Å². The van der Waals surface area contributed by atoms with E-state index in [0.717, 1.165) is 5.75 Å². The molecule has 0 aliphatic rings. The molecule has 15 heavy (non-hydrogen) atoms. The van der Waals surface area contributed by atoms with Gasteiger partial charge in [-0.05, 0) is 59.5 Å². The van der Waals surface area contributed by atoms with Gasteiger partial charge in [-0.3, -0.25) is 0 Å². The summed E-state index contributed by atoms with van der Waals surface area (Å²) in [7, 11) is 1.74. The van der Waals surface area contributed by atoms with Gasteiger partial charge in [0.2, 0.25) is 0 Å². The Balaban J connectivity index is 2.77. The Kier molecular flexibility index (Phi) is 5.43. The molecule has 0 unspecified atom stereocenters. The minimum atomic E-state index is 1.02. The maximum absolute atomic E-state index is 5.37. The van der Waals surface area contributed by atoms with Gasteiger partial charge in [0.15, 0.2) is 0 Å². The Hall–Kier alpha value is -0.250. The summed E-state index contributed by atoms with van der Waals surface area (Å²) in [6, 6.07) is 4.45. The fourth-order valence-corrected chi connectivity index (χ4v) is 2.21. The molecule has 0 fully saturated rings. The molecule has 0 amide bonds. The zero-order chi connectivity index (χ0) is 11.3. The van der Waals surface area contributed by atoms with Gasteiger partial charge in [0.05, 0.1) is 10.7 Å². The van der Waals surface area contributed by atoms with Crippen LogP contribution in [0.1, 0.15) is 37.3 Å². The predicted octanol–water partition coefficient (Wildman–Crippen LogP) is 4.34. The van der Waals surface area contributed by atoms with Gasteiger partial charge in [-0.1, -0.05) is 25.8 Å². The molecule has 1 nitrogen and oxygen atoms in total. The smallest absolute Gasteiger partial charge is 0.132 e. The fraction of sp³-hybridized carbons (Fsp3) is 0.538. The summed E-state index contributed by atoms with van der Waals surface area (Å²) in [6.45, 7) is 4.38. The first kappa shape index (κ1) is 12.8. The molecule has 2 heteroatoms. The van der Waals surface area contributed by atoms with E-state index in [1.54, 1.807) is 7.11 Å². The molecule has 1 aromatic rings. The third-order valence-corrected chi connectivity index (χ3v) is 3.95. The molecular formula is C13H19IO. The molecule has 1 aromatic carbocycles. The van der Waals surface area contributed by atoms with Gasteiger partial charge in [-0.15, -0.1) is 0 Å². The molecule has 0 aliphatic heterocycles. The van der Waals surface area contributed by atoms with Crippen LogP contribution in [0.3, 0.4) is 0 Å². The average molecular weight is 318 g/mol. The Morgan fingerprint density at radius 1 is 1.27 bits per heavy atom. The Morgan fingerprint density at radius 2 is 2.00 bits per heavy atom. The van der Waals surface area contributed by atoms with Gasteiger partial charge in [0.1, 0.15) is 5.75 Å². The van der Waals surface area contributed by atoms with Crippen molar-refractivity contribution in [2.75, 3.05) is 7.11 Å². The second-order valence-corrected chi connectivity index (χ2v) is 4.96. The summed E-state index contributed by atoms with van der Waals surface area (Å²) in [6.07, 6.45) is 5.04. The lowest BCUT2D eigenvalue weighted by Crippen LogP contribution is -1.94. The summed E-state index contributed by atoms with van der Waals surface area (Å²) in [5.41, 5.74) is 2.72. The van der Waals surface area contributed by atoms with Crippen LogP contribution in [-0.2, 0) is 6.42 Å². The van der Waals surface area contributed by atoms with Gasteiger partial charge in [0.25, 0.3) is 0 Å². The molecular weight excluding hydrogens is 299 g/mol. The van der Waals surface area contributed by atoms with Gasteiger partial charge < -0.3 is 4.74 Å². The number of aryl methyl sites for hydroxylation is 2. The zero-order valence-electron chi connectivity index (χ0n) is 9.77. The summed E-state index contributed by atoms with van der Waals surface area (Å²) >= 11 is 2.34. The number of benzene rings is 1. The summed E-state index contributed by atoms with van der Waals surface area (Å²) < 4.78 is 6.60. The molecule has 0 bridgehead atoms. The van der Waals surface area contributed by atoms with E-state index in [-0.39, 0.29) is 0 Å². The number of rotatable bonds is 5. The SMILES string of the molecule is CCCCCc1cc(C)c(I)c(OC)c1. The van der Waals surface area contributed by atoms with Crippen LogP contribution in [0.5, 0.6) is 5.75 Å². The van der Waals surface area contributed by atoms with E-state index in [9.17, 15) is 0 Å². The monoisotopic (exact) mass is 318 g/mol. The second-order valence-electron chi connectivity index (χ2n) is 3.89. The first-order valence-electron chi connectivity index (χ1n) is 5.52. The molecule has 0 saturated carbocycles. The summed E-state index contributed by atoms with van der Waals surface area (Å²) in [5.74, 6) is 1.02. The highest BCUT2D eigenvalue weighted by Gasteiger charge is 2.05. The van der Waals surface area contributed by atoms with Gasteiger partial charge in [-0.25, -0.2) is 0 Å². The van der Waals surface area contributed by atoms with Crippen LogP contribution in [0, 0.1) is 10.5 Å². The lowest BCUT2D eigenvalue weighted by Gasteiger charge is -2.09. The molecule has 0 atom stereocenters. The van der Waals surface area contributed by atoms with Crippen LogP contribution in [-0.4, -0.2) is 7.11 Å². The van der Waals surface area contributed by atoms with Gasteiger partial charge in [-0.2, -0.15) is 0 Å². The van der Waals surface area contributed by atoms with Crippen molar-refractivity contribution in [2.45, 2.75) is 39.5 Å². The highest BCUT2D eigenvalue weighted by atomic mass is 127. The molecule has 0 saturated heterocycles. The Bertz CT molecular complexity index is 321. The van der Waals surface area contributed by atoms with Crippen molar-refractivity contribution < 1.29 is 4.74 Å². The van der Waals surface area contributed by atoms with Gasteiger partial charge in [0, 0.05) is 0 Å². The minimum Gasteiger partial charge on any atom is -0.496 e. The minimum absolute atomic E-state index is 1.02. The number of hydrogen-bond acceptors (Lipinski definition) is 1. The predicted molar refractivity (Wildman–Crippen MR) is 73.7 cm³/mol. The summed E-state index contributed by atoms with van der Waals surface area (Å²) in [4.78, 5) is 0. The van der Waals surface area contributed by atoms with Gasteiger partial charge >= 0.3 is 0 Å². The maximum Gasteiger partial charge on any atom is 0.132 e. The van der Waals surface area contributed by atoms with E-state index >= 15 is 0 Å². The second kappa shape index (κ2) is 6.36. The van der Waals surface area contributed by atoms with Crippen molar-refractivity contribution in [2.24, 2.45) is 0 Å². The molecule has 0 aromatic heterocycles. The van der Waals surface area contributed by atoms with Crippen LogP contribution in [0.4, 0.5) is 0 Å². The maximum atomic E-state index is 5.37. The molecule has 0 radical (unpaired) electrons. The van der Waals surface area contributed by atoms with Crippen LogP contribution in [0.2, 0.25) is 0 Å². The quantitative estimate of drug-likeness (QED) is 0.580. The van der Waals surface area contributed by atoms with Crippen LogP contribution in [0.15, 0.2) is 12.1 Å². The zero-order valence-corrected chi connectivity index (χ0v) is 11.9. The Morgan fingerprint density at radius 3 is 2.60 bits per heavy atom. The van der Waals surface area contributed by atoms with Crippen molar-refractivity contribution in [3.8, 4) is 5.75 Å². The topological polar surface area (TPSA) is 9.23 Å². The number of hydrogen-bond donors (Lipinski definition) is 0. The van der Waals surface area contributed by atoms with E-state index in [2.05, 4.69) is 48.6 Å². The normalized spacial score (nSPS) is 10.4. The summed E-state index contributed by atoms with van der Waals surface area (Å²) in [5, 5.41) is 0. The highest BCUT2D eigenvalue weighted by molar-refractivity contribution is 14.1. The highest BCUT2D eigenvalue weighted by Crippen LogP contribution is 2.26. The van der Waals surface area contributed by atoms with E-state index in [4.69, 9.17) is 4.74 Å². The van der Waals surface area contributed by atoms with Crippen LogP contribution in [0.25, 0.3) is 0 Å². The molecule has 84 valence electrons. The molecule has 1 rings (SSSR count). The standard InChI is InChI=1S/C13H19IO/c1-4-5-6-7-11-8-10(2)13(14)12(9-11)15-3/h8-9H,4-7H2,1-3H3. The van der Waals surface area contributed by atoms with E-state index in [0.29, 0.717) is 0 Å². The first-order chi connectivity index (χ1) is 7.19. The van der Waals surface area contributed by atoms with Crippen molar-refractivity contribution in [1.82, 2.24) is 0 Å². The number of methoxy groups -OCH3 is 1. The van der Waals surface area contributed by atoms with E-state index < -0.39 is 0 Å². The van der Waals surface area contributed by atoms with Crippen molar-refractivity contribution in [1.29, 1.82) is 0 Å². The fourth-order valence-electron chi connectivity index (χ4n) is 1.68. The average Bonchev–Trinajstić information content (AvgIpc) is 2.23. The number of unbranched alkanes of at least 4 members (excludes halogenated alkanes) is 2. The molecule has 0 N–H and O–H groups in total. The molecule has 0 spiro atoms. The lowest BCUT2D eigenvalue weighted by atomic mass is 10.0. The van der Waals surface area contributed by atoms with Crippen molar-refractivity contribution in [3.63, 3.8) is 0 Å². The first-order valence-corrected chi connectivity index (χ1v) is 6.60. The lowest BCUT2D eigenvalue weighted by molar-refractivity contribution is 0.410. The third kappa shape index (κ3) is 3.67. The molecule has 0 heterocycles. The number of ether oxygens (including phenoxy) is 1. The van der Waals surface area contributed by atoms with E-state index in [1.165, 1.54) is 40.4 Å². The largest absolute Gasteiger partial charge is 0.496 e. The van der Waals surface area contributed by atoms with Crippen molar-refractivity contribution >= 4 is 22.6 Å².